The summed E-state index contributed by atoms with van der Waals surface area (Å²) in [5.41, 5.74) is 2.66. The molecular weight excluding hydrogens is 326 g/mol. The zero-order valence-corrected chi connectivity index (χ0v) is 14.4. The predicted octanol–water partition coefficient (Wildman–Crippen LogP) is 2.58. The van der Waals surface area contributed by atoms with Crippen molar-refractivity contribution in [2.24, 2.45) is 0 Å². The van der Waals surface area contributed by atoms with Crippen molar-refractivity contribution in [3.05, 3.63) is 54.4 Å². The molecule has 2 heterocycles. The molecule has 126 valence electrons. The maximum Gasteiger partial charge on any atom is 0.232 e. The lowest BCUT2D eigenvalue weighted by Crippen LogP contribution is -2.32. The molecule has 0 spiro atoms. The second-order valence-electron chi connectivity index (χ2n) is 5.50. The number of rotatable bonds is 6. The molecule has 3 rings (SSSR count). The van der Waals surface area contributed by atoms with Gasteiger partial charge >= 0.3 is 0 Å². The molecule has 1 aromatic carbocycles. The van der Waals surface area contributed by atoms with Gasteiger partial charge in [-0.2, -0.15) is 0 Å². The van der Waals surface area contributed by atoms with E-state index >= 15 is 0 Å². The Hall–Kier alpha value is -2.54. The summed E-state index contributed by atoms with van der Waals surface area (Å²) in [5.74, 6) is 0.448. The highest BCUT2D eigenvalue weighted by molar-refractivity contribution is 7.92. The molecule has 7 heteroatoms. The third-order valence-electron chi connectivity index (χ3n) is 3.88. The molecule has 0 saturated carbocycles. The lowest BCUT2D eigenvalue weighted by atomic mass is 10.1. The maximum atomic E-state index is 12.2. The first-order valence-corrected chi connectivity index (χ1v) is 9.36. The van der Waals surface area contributed by atoms with E-state index in [1.54, 1.807) is 12.1 Å². The average Bonchev–Trinajstić information content (AvgIpc) is 2.98. The number of ether oxygens (including phenoxy) is 1. The Kier molecular flexibility index (Phi) is 4.44. The first-order chi connectivity index (χ1) is 11.5. The van der Waals surface area contributed by atoms with Crippen molar-refractivity contribution in [2.75, 3.05) is 24.2 Å². The Morgan fingerprint density at radius 3 is 2.67 bits per heavy atom. The predicted molar refractivity (Wildman–Crippen MR) is 95.0 cm³/mol. The van der Waals surface area contributed by atoms with E-state index < -0.39 is 10.0 Å². The highest BCUT2D eigenvalue weighted by Gasteiger charge is 2.18. The summed E-state index contributed by atoms with van der Waals surface area (Å²) in [6.45, 7) is 0.342. The van der Waals surface area contributed by atoms with Crippen LogP contribution in [-0.2, 0) is 16.4 Å². The second kappa shape index (κ2) is 6.52. The van der Waals surface area contributed by atoms with Crippen LogP contribution in [0.25, 0.3) is 10.9 Å². The SMILES string of the molecule is COc1ccc(N(CCc2c[nH]c3ccccc23)S(C)(=O)=O)cn1. The number of hydrogen-bond acceptors (Lipinski definition) is 4. The monoisotopic (exact) mass is 345 g/mol. The van der Waals surface area contributed by atoms with Gasteiger partial charge in [-0.05, 0) is 24.1 Å². The fraction of sp³-hybridized carbons (Fsp3) is 0.235. The highest BCUT2D eigenvalue weighted by atomic mass is 32.2. The van der Waals surface area contributed by atoms with Crippen LogP contribution in [-0.4, -0.2) is 38.3 Å². The molecule has 0 bridgehead atoms. The molecule has 0 aliphatic carbocycles. The fourth-order valence-electron chi connectivity index (χ4n) is 2.69. The van der Waals surface area contributed by atoms with Gasteiger partial charge in [0.1, 0.15) is 0 Å². The summed E-state index contributed by atoms with van der Waals surface area (Å²) in [6, 6.07) is 11.3. The van der Waals surface area contributed by atoms with E-state index in [0.29, 0.717) is 24.5 Å². The van der Waals surface area contributed by atoms with Gasteiger partial charge < -0.3 is 9.72 Å². The Morgan fingerprint density at radius 1 is 1.21 bits per heavy atom. The Balaban J connectivity index is 1.85. The molecule has 6 nitrogen and oxygen atoms in total. The van der Waals surface area contributed by atoms with Crippen LogP contribution in [0.5, 0.6) is 5.88 Å². The number of hydrogen-bond donors (Lipinski definition) is 1. The molecule has 0 atom stereocenters. The summed E-state index contributed by atoms with van der Waals surface area (Å²) >= 11 is 0. The molecular formula is C17H19N3O3S. The Morgan fingerprint density at radius 2 is 2.00 bits per heavy atom. The quantitative estimate of drug-likeness (QED) is 0.745. The van der Waals surface area contributed by atoms with E-state index in [-0.39, 0.29) is 0 Å². The summed E-state index contributed by atoms with van der Waals surface area (Å²) in [4.78, 5) is 7.30. The van der Waals surface area contributed by atoms with E-state index in [0.717, 1.165) is 16.5 Å². The van der Waals surface area contributed by atoms with Crippen molar-refractivity contribution in [1.29, 1.82) is 0 Å². The van der Waals surface area contributed by atoms with Crippen LogP contribution in [0.2, 0.25) is 0 Å². The van der Waals surface area contributed by atoms with E-state index in [4.69, 9.17) is 4.74 Å². The molecule has 24 heavy (non-hydrogen) atoms. The fourth-order valence-corrected chi connectivity index (χ4v) is 3.60. The first-order valence-electron chi connectivity index (χ1n) is 7.52. The van der Waals surface area contributed by atoms with Gasteiger partial charge in [0.2, 0.25) is 15.9 Å². The van der Waals surface area contributed by atoms with Crippen molar-refractivity contribution in [3.8, 4) is 5.88 Å². The minimum absolute atomic E-state index is 0.342. The third-order valence-corrected chi connectivity index (χ3v) is 5.07. The maximum absolute atomic E-state index is 12.2. The highest BCUT2D eigenvalue weighted by Crippen LogP contribution is 2.22. The number of anilines is 1. The van der Waals surface area contributed by atoms with Crippen LogP contribution in [0.15, 0.2) is 48.8 Å². The van der Waals surface area contributed by atoms with Crippen LogP contribution < -0.4 is 9.04 Å². The first kappa shape index (κ1) is 16.3. The van der Waals surface area contributed by atoms with E-state index in [2.05, 4.69) is 9.97 Å². The molecule has 0 radical (unpaired) electrons. The number of fused-ring (bicyclic) bond motifs is 1. The van der Waals surface area contributed by atoms with Crippen molar-refractivity contribution < 1.29 is 13.2 Å². The van der Waals surface area contributed by atoms with Crippen LogP contribution in [0.3, 0.4) is 0 Å². The largest absolute Gasteiger partial charge is 0.481 e. The number of H-pyrrole nitrogens is 1. The standard InChI is InChI=1S/C17H19N3O3S/c1-23-17-8-7-14(12-19-17)20(24(2,21)22)10-9-13-11-18-16-6-4-3-5-15(13)16/h3-8,11-12,18H,9-10H2,1-2H3. The molecule has 0 saturated heterocycles. The second-order valence-corrected chi connectivity index (χ2v) is 7.41. The van der Waals surface area contributed by atoms with Crippen LogP contribution in [0.1, 0.15) is 5.56 Å². The van der Waals surface area contributed by atoms with Gasteiger partial charge in [-0.25, -0.2) is 13.4 Å². The molecule has 0 aliphatic rings. The molecule has 0 aliphatic heterocycles. The zero-order chi connectivity index (χ0) is 17.2. The number of nitrogens with one attached hydrogen (secondary N) is 1. The minimum atomic E-state index is -3.40. The number of aromatic amines is 1. The lowest BCUT2D eigenvalue weighted by molar-refractivity contribution is 0.398. The Labute approximate surface area is 141 Å². The topological polar surface area (TPSA) is 75.3 Å². The van der Waals surface area contributed by atoms with Gasteiger partial charge in [0.25, 0.3) is 0 Å². The number of aromatic nitrogens is 2. The summed E-state index contributed by atoms with van der Waals surface area (Å²) in [6.07, 6.45) is 5.24. The number of nitrogens with zero attached hydrogens (tertiary/aromatic N) is 2. The van der Waals surface area contributed by atoms with Crippen molar-refractivity contribution in [2.45, 2.75) is 6.42 Å². The molecule has 0 unspecified atom stereocenters. The van der Waals surface area contributed by atoms with E-state index in [9.17, 15) is 8.42 Å². The molecule has 0 amide bonds. The van der Waals surface area contributed by atoms with Crippen LogP contribution in [0, 0.1) is 0 Å². The third kappa shape index (κ3) is 3.35. The number of sulfonamides is 1. The van der Waals surface area contributed by atoms with Crippen LogP contribution in [0.4, 0.5) is 5.69 Å². The zero-order valence-electron chi connectivity index (χ0n) is 13.6. The normalized spacial score (nSPS) is 11.6. The minimum Gasteiger partial charge on any atom is -0.481 e. The van der Waals surface area contributed by atoms with Crippen LogP contribution >= 0.6 is 0 Å². The van der Waals surface area contributed by atoms with Gasteiger partial charge in [-0.1, -0.05) is 18.2 Å². The lowest BCUT2D eigenvalue weighted by Gasteiger charge is -2.22. The van der Waals surface area contributed by atoms with Gasteiger partial charge in [0, 0.05) is 29.7 Å². The summed E-state index contributed by atoms with van der Waals surface area (Å²) in [7, 11) is -1.88. The van der Waals surface area contributed by atoms with Gasteiger partial charge in [-0.15, -0.1) is 0 Å². The summed E-state index contributed by atoms with van der Waals surface area (Å²) in [5, 5.41) is 1.11. The van der Waals surface area contributed by atoms with Crippen molar-refractivity contribution in [1.82, 2.24) is 9.97 Å². The molecule has 3 aromatic rings. The average molecular weight is 345 g/mol. The number of para-hydroxylation sites is 1. The van der Waals surface area contributed by atoms with Crippen molar-refractivity contribution >= 4 is 26.6 Å². The van der Waals surface area contributed by atoms with Crippen molar-refractivity contribution in [3.63, 3.8) is 0 Å². The van der Waals surface area contributed by atoms with Gasteiger partial charge in [-0.3, -0.25) is 4.31 Å². The van der Waals surface area contributed by atoms with E-state index in [1.165, 1.54) is 23.9 Å². The van der Waals surface area contributed by atoms with Gasteiger partial charge in [0.05, 0.1) is 25.2 Å². The molecule has 2 aromatic heterocycles. The molecule has 0 fully saturated rings. The van der Waals surface area contributed by atoms with E-state index in [1.807, 2.05) is 30.5 Å². The smallest absolute Gasteiger partial charge is 0.232 e. The number of pyridine rings is 1. The number of methoxy groups -OCH3 is 1. The number of benzene rings is 1. The summed E-state index contributed by atoms with van der Waals surface area (Å²) < 4.78 is 30.7. The Bertz CT molecular complexity index is 933. The molecule has 1 N–H and O–H groups in total. The van der Waals surface area contributed by atoms with Gasteiger partial charge in [0.15, 0.2) is 0 Å².